The quantitative estimate of drug-likeness (QED) is 0.465. The minimum atomic E-state index is 0.0422. The number of ether oxygens (including phenoxy) is 2. The van der Waals surface area contributed by atoms with Crippen molar-refractivity contribution in [3.63, 3.8) is 0 Å². The summed E-state index contributed by atoms with van der Waals surface area (Å²) >= 11 is 0. The third kappa shape index (κ3) is 4.86. The van der Waals surface area contributed by atoms with Gasteiger partial charge in [0.25, 0.3) is 0 Å². The first-order chi connectivity index (χ1) is 15.2. The maximum atomic E-state index is 13.4. The fraction of sp³-hybridized carbons (Fsp3) is 0.200. The van der Waals surface area contributed by atoms with Crippen LogP contribution in [0.15, 0.2) is 73.1 Å². The molecule has 0 aliphatic rings. The number of amides is 1. The molecule has 0 saturated heterocycles. The van der Waals surface area contributed by atoms with E-state index in [2.05, 4.69) is 9.97 Å². The number of para-hydroxylation sites is 1. The number of hydrogen-bond donors (Lipinski definition) is 1. The Morgan fingerprint density at radius 2 is 1.71 bits per heavy atom. The molecule has 158 valence electrons. The van der Waals surface area contributed by atoms with E-state index in [9.17, 15) is 4.79 Å². The van der Waals surface area contributed by atoms with E-state index >= 15 is 0 Å². The highest BCUT2D eigenvalue weighted by atomic mass is 16.5. The number of H-pyrrole nitrogens is 1. The first-order valence-electron chi connectivity index (χ1n) is 10.1. The average Bonchev–Trinajstić information content (AvgIpc) is 3.27. The summed E-state index contributed by atoms with van der Waals surface area (Å²) in [6.07, 6.45) is 1.97. The van der Waals surface area contributed by atoms with Crippen LogP contribution in [0.2, 0.25) is 0 Å². The van der Waals surface area contributed by atoms with Gasteiger partial charge in [0.1, 0.15) is 11.5 Å². The van der Waals surface area contributed by atoms with Gasteiger partial charge in [-0.05, 0) is 41.5 Å². The second kappa shape index (κ2) is 9.34. The summed E-state index contributed by atoms with van der Waals surface area (Å²) in [6.45, 7) is 0.953. The van der Waals surface area contributed by atoms with Crippen molar-refractivity contribution in [1.29, 1.82) is 0 Å². The number of aromatic nitrogens is 2. The number of nitrogens with zero attached hydrogens (tertiary/aromatic N) is 2. The number of carbonyl (C=O) groups is 1. The largest absolute Gasteiger partial charge is 0.497 e. The number of methoxy groups -OCH3 is 2. The zero-order valence-corrected chi connectivity index (χ0v) is 17.7. The van der Waals surface area contributed by atoms with Gasteiger partial charge in [0.2, 0.25) is 5.91 Å². The number of aromatic amines is 1. The maximum absolute atomic E-state index is 13.4. The van der Waals surface area contributed by atoms with Crippen LogP contribution < -0.4 is 9.47 Å². The number of fused-ring (bicyclic) bond motifs is 1. The van der Waals surface area contributed by atoms with Gasteiger partial charge in [0, 0.05) is 18.7 Å². The Labute approximate surface area is 181 Å². The van der Waals surface area contributed by atoms with Gasteiger partial charge in [-0.15, -0.1) is 0 Å². The number of benzene rings is 3. The lowest BCUT2D eigenvalue weighted by Gasteiger charge is -2.24. The molecule has 0 bridgehead atoms. The van der Waals surface area contributed by atoms with Crippen LogP contribution in [0.4, 0.5) is 0 Å². The molecule has 1 aromatic heterocycles. The standard InChI is InChI=1S/C25H25N3O3/c1-30-21-10-7-18(8-11-21)15-28(16-20-5-3-4-6-24(20)31-2)25(29)14-19-9-12-22-23(13-19)27-17-26-22/h3-13,17H,14-16H2,1-2H3,(H,26,27). The molecule has 0 radical (unpaired) electrons. The van der Waals surface area contributed by atoms with Gasteiger partial charge in [0.05, 0.1) is 38.0 Å². The van der Waals surface area contributed by atoms with E-state index in [1.54, 1.807) is 20.5 Å². The molecular weight excluding hydrogens is 390 g/mol. The van der Waals surface area contributed by atoms with Crippen LogP contribution in [0.25, 0.3) is 11.0 Å². The third-order valence-corrected chi connectivity index (χ3v) is 5.28. The Balaban J connectivity index is 1.58. The number of nitrogens with one attached hydrogen (secondary N) is 1. The summed E-state index contributed by atoms with van der Waals surface area (Å²) in [4.78, 5) is 22.6. The van der Waals surface area contributed by atoms with E-state index in [0.29, 0.717) is 19.5 Å². The average molecular weight is 415 g/mol. The van der Waals surface area contributed by atoms with E-state index in [4.69, 9.17) is 9.47 Å². The van der Waals surface area contributed by atoms with Crippen LogP contribution >= 0.6 is 0 Å². The topological polar surface area (TPSA) is 67.5 Å². The van der Waals surface area contributed by atoms with Crippen molar-refractivity contribution >= 4 is 16.9 Å². The summed E-state index contributed by atoms with van der Waals surface area (Å²) < 4.78 is 10.7. The summed E-state index contributed by atoms with van der Waals surface area (Å²) in [5.74, 6) is 1.61. The van der Waals surface area contributed by atoms with Gasteiger partial charge >= 0.3 is 0 Å². The van der Waals surface area contributed by atoms with Crippen molar-refractivity contribution in [2.75, 3.05) is 14.2 Å². The molecule has 0 fully saturated rings. The molecule has 31 heavy (non-hydrogen) atoms. The van der Waals surface area contributed by atoms with Crippen LogP contribution in [0.1, 0.15) is 16.7 Å². The van der Waals surface area contributed by atoms with Crippen LogP contribution in [-0.4, -0.2) is 35.0 Å². The Hall–Kier alpha value is -3.80. The van der Waals surface area contributed by atoms with Crippen LogP contribution in [0.5, 0.6) is 11.5 Å². The van der Waals surface area contributed by atoms with Crippen LogP contribution in [0, 0.1) is 0 Å². The first kappa shape index (κ1) is 20.5. The molecule has 0 aliphatic heterocycles. The molecule has 6 heteroatoms. The Morgan fingerprint density at radius 3 is 2.48 bits per heavy atom. The van der Waals surface area contributed by atoms with Gasteiger partial charge in [-0.1, -0.05) is 36.4 Å². The minimum absolute atomic E-state index is 0.0422. The van der Waals surface area contributed by atoms with Crippen LogP contribution in [-0.2, 0) is 24.3 Å². The molecule has 6 nitrogen and oxygen atoms in total. The molecule has 0 spiro atoms. The molecule has 1 heterocycles. The Kier molecular flexibility index (Phi) is 6.17. The Bertz CT molecular complexity index is 1170. The zero-order valence-electron chi connectivity index (χ0n) is 17.7. The van der Waals surface area contributed by atoms with Crippen LogP contribution in [0.3, 0.4) is 0 Å². The van der Waals surface area contributed by atoms with E-state index in [0.717, 1.165) is 39.2 Å². The monoisotopic (exact) mass is 415 g/mol. The van der Waals surface area contributed by atoms with Gasteiger partial charge in [-0.25, -0.2) is 4.98 Å². The maximum Gasteiger partial charge on any atom is 0.227 e. The van der Waals surface area contributed by atoms with Crippen molar-refractivity contribution in [3.8, 4) is 11.5 Å². The van der Waals surface area contributed by atoms with Crippen molar-refractivity contribution < 1.29 is 14.3 Å². The predicted octanol–water partition coefficient (Wildman–Crippen LogP) is 4.35. The normalized spacial score (nSPS) is 10.8. The molecule has 0 saturated carbocycles. The lowest BCUT2D eigenvalue weighted by Crippen LogP contribution is -2.31. The number of carbonyl (C=O) groups excluding carboxylic acids is 1. The van der Waals surface area contributed by atoms with Crippen molar-refractivity contribution in [3.05, 3.63) is 89.7 Å². The van der Waals surface area contributed by atoms with Crippen molar-refractivity contribution in [1.82, 2.24) is 14.9 Å². The summed E-state index contributed by atoms with van der Waals surface area (Å²) in [5, 5.41) is 0. The zero-order chi connectivity index (χ0) is 21.6. The summed E-state index contributed by atoms with van der Waals surface area (Å²) in [5.41, 5.74) is 4.77. The molecule has 4 aromatic rings. The van der Waals surface area contributed by atoms with Gasteiger partial charge in [-0.3, -0.25) is 4.79 Å². The summed E-state index contributed by atoms with van der Waals surface area (Å²) in [7, 11) is 3.29. The highest BCUT2D eigenvalue weighted by molar-refractivity contribution is 5.81. The molecule has 4 rings (SSSR count). The predicted molar refractivity (Wildman–Crippen MR) is 120 cm³/mol. The lowest BCUT2D eigenvalue weighted by molar-refractivity contribution is -0.131. The minimum Gasteiger partial charge on any atom is -0.497 e. The highest BCUT2D eigenvalue weighted by Crippen LogP contribution is 2.22. The van der Waals surface area contributed by atoms with E-state index in [1.165, 1.54) is 0 Å². The molecule has 0 unspecified atom stereocenters. The second-order valence-corrected chi connectivity index (χ2v) is 7.34. The molecule has 3 aromatic carbocycles. The molecule has 1 N–H and O–H groups in total. The number of rotatable bonds is 8. The smallest absolute Gasteiger partial charge is 0.227 e. The molecule has 0 atom stereocenters. The third-order valence-electron chi connectivity index (χ3n) is 5.28. The SMILES string of the molecule is COc1ccc(CN(Cc2ccccc2OC)C(=O)Cc2ccc3nc[nH]c3c2)cc1. The van der Waals surface area contributed by atoms with Crippen molar-refractivity contribution in [2.45, 2.75) is 19.5 Å². The van der Waals surface area contributed by atoms with Gasteiger partial charge < -0.3 is 19.4 Å². The highest BCUT2D eigenvalue weighted by Gasteiger charge is 2.18. The van der Waals surface area contributed by atoms with Gasteiger partial charge in [-0.2, -0.15) is 0 Å². The van der Waals surface area contributed by atoms with Gasteiger partial charge in [0.15, 0.2) is 0 Å². The number of hydrogen-bond acceptors (Lipinski definition) is 4. The van der Waals surface area contributed by atoms with Crippen molar-refractivity contribution in [2.24, 2.45) is 0 Å². The number of imidazole rings is 1. The van der Waals surface area contributed by atoms with E-state index in [-0.39, 0.29) is 5.91 Å². The lowest BCUT2D eigenvalue weighted by atomic mass is 10.1. The van der Waals surface area contributed by atoms with E-state index in [1.807, 2.05) is 71.6 Å². The fourth-order valence-corrected chi connectivity index (χ4v) is 3.60. The Morgan fingerprint density at radius 1 is 0.935 bits per heavy atom. The summed E-state index contributed by atoms with van der Waals surface area (Å²) in [6, 6.07) is 21.4. The molecule has 0 aliphatic carbocycles. The molecular formula is C25H25N3O3. The first-order valence-corrected chi connectivity index (χ1v) is 10.1. The fourth-order valence-electron chi connectivity index (χ4n) is 3.60. The van der Waals surface area contributed by atoms with E-state index < -0.39 is 0 Å². The molecule has 1 amide bonds. The second-order valence-electron chi connectivity index (χ2n) is 7.34.